The molecule has 0 unspecified atom stereocenters. The van der Waals surface area contributed by atoms with Gasteiger partial charge < -0.3 is 19.3 Å². The maximum atomic E-state index is 10.1. The van der Waals surface area contributed by atoms with Gasteiger partial charge in [-0.2, -0.15) is 5.26 Å². The lowest BCUT2D eigenvalue weighted by Crippen LogP contribution is -2.09. The van der Waals surface area contributed by atoms with E-state index in [2.05, 4.69) is 93.5 Å². The molecule has 0 amide bonds. The second kappa shape index (κ2) is 19.2. The molecule has 58 heavy (non-hydrogen) atoms. The minimum Gasteiger partial charge on any atom is -0.497 e. The number of hydrogen-bond acceptors (Lipinski definition) is 5. The van der Waals surface area contributed by atoms with Crippen molar-refractivity contribution >= 4 is 64.1 Å². The predicted molar refractivity (Wildman–Crippen MR) is 242 cm³/mol. The maximum absolute atomic E-state index is 10.1. The van der Waals surface area contributed by atoms with E-state index in [-0.39, 0.29) is 7.43 Å². The number of rotatable bonds is 13. The number of anilines is 6. The van der Waals surface area contributed by atoms with Gasteiger partial charge in [-0.15, -0.1) is 0 Å². The van der Waals surface area contributed by atoms with Gasteiger partial charge in [0.05, 0.1) is 31.9 Å². The van der Waals surface area contributed by atoms with Gasteiger partial charge in [0.15, 0.2) is 5.69 Å². The third-order valence-electron chi connectivity index (χ3n) is 9.42. The van der Waals surface area contributed by atoms with Gasteiger partial charge in [0.2, 0.25) is 0 Å². The number of benzene rings is 7. The van der Waals surface area contributed by atoms with E-state index in [0.29, 0.717) is 29.0 Å². The van der Waals surface area contributed by atoms with Crippen LogP contribution >= 0.6 is 0 Å². The average Bonchev–Trinajstić information content (AvgIpc) is 3.27. The summed E-state index contributed by atoms with van der Waals surface area (Å²) in [5.74, 6) is 1.63. The summed E-state index contributed by atoms with van der Waals surface area (Å²) in [5.41, 5.74) is 10.4. The first-order valence-electron chi connectivity index (χ1n) is 18.7. The van der Waals surface area contributed by atoms with Gasteiger partial charge in [-0.25, -0.2) is 4.85 Å². The summed E-state index contributed by atoms with van der Waals surface area (Å²) >= 11 is 0. The van der Waals surface area contributed by atoms with E-state index in [0.717, 1.165) is 56.8 Å². The highest BCUT2D eigenvalue weighted by molar-refractivity contribution is 5.84. The molecule has 0 fully saturated rings. The fraction of sp³-hybridized carbons (Fsp3) is 0.0769. The van der Waals surface area contributed by atoms with Crippen LogP contribution in [0.5, 0.6) is 11.5 Å². The van der Waals surface area contributed by atoms with Gasteiger partial charge in [0.25, 0.3) is 0 Å². The number of methoxy groups -OCH3 is 1. The molecule has 0 atom stereocenters. The largest absolute Gasteiger partial charge is 0.497 e. The van der Waals surface area contributed by atoms with E-state index in [1.165, 1.54) is 0 Å². The first-order chi connectivity index (χ1) is 28.1. The Morgan fingerprint density at radius 2 is 0.966 bits per heavy atom. The SMILES string of the molecule is C.[C-]#[N+]c1cc(/C=C\c2ccc(N(c3ccccc3)c3ccc(OCC)cc3)cc2)c(C#N)cc1/C=C\c1ccc(N(c2ccccc2)c2ccc(OC)cc2)cc1. The van der Waals surface area contributed by atoms with E-state index < -0.39 is 0 Å². The first-order valence-corrected chi connectivity index (χ1v) is 18.7. The quantitative estimate of drug-likeness (QED) is 0.0866. The fourth-order valence-corrected chi connectivity index (χ4v) is 6.57. The normalized spacial score (nSPS) is 10.7. The summed E-state index contributed by atoms with van der Waals surface area (Å²) in [5, 5.41) is 10.1. The zero-order valence-corrected chi connectivity index (χ0v) is 31.8. The van der Waals surface area contributed by atoms with Crippen molar-refractivity contribution in [1.29, 1.82) is 5.26 Å². The predicted octanol–water partition coefficient (Wildman–Crippen LogP) is 14.4. The van der Waals surface area contributed by atoms with Gasteiger partial charge in [-0.1, -0.05) is 92.4 Å². The van der Waals surface area contributed by atoms with Gasteiger partial charge in [0, 0.05) is 34.1 Å². The Morgan fingerprint density at radius 1 is 0.552 bits per heavy atom. The van der Waals surface area contributed by atoms with E-state index in [1.807, 2.05) is 116 Å². The van der Waals surface area contributed by atoms with Crippen LogP contribution in [0.4, 0.5) is 39.8 Å². The Morgan fingerprint density at radius 3 is 1.38 bits per heavy atom. The van der Waals surface area contributed by atoms with Crippen molar-refractivity contribution in [3.05, 3.63) is 209 Å². The third kappa shape index (κ3) is 9.34. The molecule has 6 nitrogen and oxygen atoms in total. The molecular weight excluding hydrogens is 713 g/mol. The number of nitriles is 1. The molecule has 0 aliphatic heterocycles. The van der Waals surface area contributed by atoms with Gasteiger partial charge in [-0.3, -0.25) is 0 Å². The molecule has 0 heterocycles. The molecule has 0 aliphatic carbocycles. The van der Waals surface area contributed by atoms with Crippen LogP contribution in [0, 0.1) is 17.9 Å². The van der Waals surface area contributed by atoms with Crippen LogP contribution in [0.15, 0.2) is 170 Å². The van der Waals surface area contributed by atoms with Crippen LogP contribution in [-0.4, -0.2) is 13.7 Å². The number of nitrogens with zero attached hydrogens (tertiary/aromatic N) is 4. The number of para-hydroxylation sites is 2. The lowest BCUT2D eigenvalue weighted by molar-refractivity contribution is 0.340. The average molecular weight is 757 g/mol. The Bertz CT molecular complexity index is 2550. The molecule has 0 saturated carbocycles. The van der Waals surface area contributed by atoms with E-state index >= 15 is 0 Å². The molecule has 7 aromatic carbocycles. The fourth-order valence-electron chi connectivity index (χ4n) is 6.57. The van der Waals surface area contributed by atoms with E-state index in [4.69, 9.17) is 16.0 Å². The summed E-state index contributed by atoms with van der Waals surface area (Å²) in [4.78, 5) is 8.20. The molecule has 0 N–H and O–H groups in total. The van der Waals surface area contributed by atoms with Crippen molar-refractivity contribution in [2.24, 2.45) is 0 Å². The number of ether oxygens (including phenoxy) is 2. The Balaban J connectivity index is 0.00000567. The lowest BCUT2D eigenvalue weighted by atomic mass is 10.0. The molecule has 0 bridgehead atoms. The third-order valence-corrected chi connectivity index (χ3v) is 9.42. The van der Waals surface area contributed by atoms with Crippen LogP contribution in [0.2, 0.25) is 0 Å². The minimum absolute atomic E-state index is 0. The van der Waals surface area contributed by atoms with Crippen molar-refractivity contribution in [2.75, 3.05) is 23.5 Å². The van der Waals surface area contributed by atoms with Gasteiger partial charge in [0.1, 0.15) is 11.5 Å². The molecule has 7 aromatic rings. The van der Waals surface area contributed by atoms with Crippen molar-refractivity contribution in [3.8, 4) is 17.6 Å². The Labute approximate surface area is 342 Å². The summed E-state index contributed by atoms with van der Waals surface area (Å²) < 4.78 is 11.0. The highest BCUT2D eigenvalue weighted by atomic mass is 16.5. The van der Waals surface area contributed by atoms with Crippen LogP contribution < -0.4 is 19.3 Å². The monoisotopic (exact) mass is 756 g/mol. The molecular formula is C52H44N4O2. The van der Waals surface area contributed by atoms with Crippen molar-refractivity contribution in [1.82, 2.24) is 0 Å². The Hall–Kier alpha value is -7.80. The van der Waals surface area contributed by atoms with Crippen molar-refractivity contribution in [2.45, 2.75) is 14.4 Å². The minimum atomic E-state index is 0. The molecule has 0 spiro atoms. The second-order valence-electron chi connectivity index (χ2n) is 13.0. The smallest absolute Gasteiger partial charge is 0.194 e. The molecule has 284 valence electrons. The summed E-state index contributed by atoms with van der Waals surface area (Å²) in [6.45, 7) is 10.5. The first kappa shape index (κ1) is 39.9. The number of hydrogen-bond donors (Lipinski definition) is 0. The van der Waals surface area contributed by atoms with E-state index in [9.17, 15) is 5.26 Å². The summed E-state index contributed by atoms with van der Waals surface area (Å²) in [6, 6.07) is 59.0. The second-order valence-corrected chi connectivity index (χ2v) is 13.0. The molecule has 7 rings (SSSR count). The molecule has 6 heteroatoms. The summed E-state index contributed by atoms with van der Waals surface area (Å²) in [6.07, 6.45) is 7.74. The van der Waals surface area contributed by atoms with Crippen molar-refractivity contribution in [3.63, 3.8) is 0 Å². The van der Waals surface area contributed by atoms with Gasteiger partial charge >= 0.3 is 0 Å². The van der Waals surface area contributed by atoms with Crippen LogP contribution in [-0.2, 0) is 0 Å². The standard InChI is InChI=1S/C51H40N4O2.CH4/c1-4-57-50-33-29-48(30-34-50)55(44-13-9-6-10-14-44)46-23-17-38(18-24-46)15-21-40-36-51(53-2)41(35-42(40)37-52)22-16-39-19-25-45(26-20-39)54(43-11-7-5-8-12-43)47-27-31-49(56-3)32-28-47;/h5-36H,4H2,1,3H3;1H4/b21-15-,22-16-;. The van der Waals surface area contributed by atoms with Crippen LogP contribution in [0.1, 0.15) is 42.2 Å². The molecule has 0 radical (unpaired) electrons. The Kier molecular flexibility index (Phi) is 13.2. The van der Waals surface area contributed by atoms with Gasteiger partial charge in [-0.05, 0) is 138 Å². The summed E-state index contributed by atoms with van der Waals surface area (Å²) in [7, 11) is 1.66. The molecule has 0 aliphatic rings. The maximum Gasteiger partial charge on any atom is 0.194 e. The molecule has 0 aromatic heterocycles. The zero-order chi connectivity index (χ0) is 39.4. The van der Waals surface area contributed by atoms with Crippen LogP contribution in [0.25, 0.3) is 29.1 Å². The highest BCUT2D eigenvalue weighted by Crippen LogP contribution is 2.37. The zero-order valence-electron chi connectivity index (χ0n) is 31.8. The van der Waals surface area contributed by atoms with Crippen molar-refractivity contribution < 1.29 is 9.47 Å². The van der Waals surface area contributed by atoms with E-state index in [1.54, 1.807) is 19.2 Å². The molecule has 0 saturated heterocycles. The lowest BCUT2D eigenvalue weighted by Gasteiger charge is -2.25. The van der Waals surface area contributed by atoms with Crippen LogP contribution in [0.3, 0.4) is 0 Å². The highest BCUT2D eigenvalue weighted by Gasteiger charge is 2.14. The topological polar surface area (TPSA) is 53.1 Å².